The molecule has 5 nitrogen and oxygen atoms in total. The van der Waals surface area contributed by atoms with Crippen molar-refractivity contribution in [2.45, 2.75) is 25.7 Å². The number of rotatable bonds is 0. The summed E-state index contributed by atoms with van der Waals surface area (Å²) in [7, 11) is 0. The molecule has 0 bridgehead atoms. The number of amides is 2. The van der Waals surface area contributed by atoms with E-state index in [9.17, 15) is 4.79 Å². The summed E-state index contributed by atoms with van der Waals surface area (Å²) in [5.74, 6) is 0. The van der Waals surface area contributed by atoms with Gasteiger partial charge in [-0.25, -0.2) is 15.6 Å². The van der Waals surface area contributed by atoms with Gasteiger partial charge in [-0.05, 0) is 12.8 Å². The first-order chi connectivity index (χ1) is 5.80. The number of carbonyl (C=O) groups is 1. The summed E-state index contributed by atoms with van der Waals surface area (Å²) in [6, 6.07) is -0.475. The standard InChI is InChI=1S/C7H16N4O/c8-7(12)11-9-5-3-1-2-4-6-10-11/h9-10H,1-6H2,(H2,8,12). The van der Waals surface area contributed by atoms with Gasteiger partial charge < -0.3 is 5.73 Å². The monoisotopic (exact) mass is 172 g/mol. The molecule has 0 aromatic carbocycles. The van der Waals surface area contributed by atoms with Gasteiger partial charge in [-0.1, -0.05) is 12.8 Å². The number of hydrogen-bond donors (Lipinski definition) is 3. The molecule has 0 aliphatic carbocycles. The molecule has 0 radical (unpaired) electrons. The summed E-state index contributed by atoms with van der Waals surface area (Å²) in [5, 5.41) is 1.27. The molecule has 4 N–H and O–H groups in total. The fraction of sp³-hybridized carbons (Fsp3) is 0.857. The number of nitrogens with two attached hydrogens (primary N) is 1. The normalized spacial score (nSPS) is 20.8. The van der Waals surface area contributed by atoms with E-state index in [2.05, 4.69) is 10.9 Å². The molecule has 1 aliphatic rings. The van der Waals surface area contributed by atoms with E-state index in [1.807, 2.05) is 0 Å². The maximum atomic E-state index is 10.8. The third kappa shape index (κ3) is 3.06. The maximum absolute atomic E-state index is 10.8. The highest BCUT2D eigenvalue weighted by atomic mass is 16.2. The molecular weight excluding hydrogens is 156 g/mol. The molecule has 1 rings (SSSR count). The Morgan fingerprint density at radius 1 is 1.08 bits per heavy atom. The highest BCUT2D eigenvalue weighted by molar-refractivity contribution is 5.70. The maximum Gasteiger partial charge on any atom is 0.344 e. The lowest BCUT2D eigenvalue weighted by atomic mass is 10.2. The Morgan fingerprint density at radius 2 is 1.58 bits per heavy atom. The van der Waals surface area contributed by atoms with Gasteiger partial charge in [0.2, 0.25) is 0 Å². The topological polar surface area (TPSA) is 70.4 Å². The summed E-state index contributed by atoms with van der Waals surface area (Å²) in [5.41, 5.74) is 10.9. The quantitative estimate of drug-likeness (QED) is 0.480. The molecule has 1 heterocycles. The summed E-state index contributed by atoms with van der Waals surface area (Å²) in [6.07, 6.45) is 4.60. The highest BCUT2D eigenvalue weighted by Gasteiger charge is 2.08. The van der Waals surface area contributed by atoms with Crippen LogP contribution >= 0.6 is 0 Å². The van der Waals surface area contributed by atoms with Crippen LogP contribution in [0.5, 0.6) is 0 Å². The van der Waals surface area contributed by atoms with Gasteiger partial charge in [0.05, 0.1) is 0 Å². The Hall–Kier alpha value is -0.810. The van der Waals surface area contributed by atoms with Crippen LogP contribution in [0.2, 0.25) is 0 Å². The van der Waals surface area contributed by atoms with Crippen molar-refractivity contribution in [1.29, 1.82) is 0 Å². The van der Waals surface area contributed by atoms with Crippen molar-refractivity contribution < 1.29 is 4.79 Å². The van der Waals surface area contributed by atoms with Gasteiger partial charge in [0.15, 0.2) is 0 Å². The Kier molecular flexibility index (Phi) is 3.83. The molecule has 0 spiro atoms. The van der Waals surface area contributed by atoms with Crippen molar-refractivity contribution >= 4 is 6.03 Å². The lowest BCUT2D eigenvalue weighted by Crippen LogP contribution is -2.54. The number of hydrazine groups is 2. The minimum Gasteiger partial charge on any atom is -0.349 e. The van der Waals surface area contributed by atoms with Crippen molar-refractivity contribution in [3.8, 4) is 0 Å². The predicted octanol–water partition coefficient (Wildman–Crippen LogP) is -0.0497. The first-order valence-electron chi connectivity index (χ1n) is 4.37. The van der Waals surface area contributed by atoms with Crippen LogP contribution in [-0.4, -0.2) is 24.2 Å². The van der Waals surface area contributed by atoms with Crippen LogP contribution in [0.1, 0.15) is 25.7 Å². The molecule has 2 amide bonds. The summed E-state index contributed by atoms with van der Waals surface area (Å²) >= 11 is 0. The van der Waals surface area contributed by atoms with Crippen molar-refractivity contribution in [3.63, 3.8) is 0 Å². The molecule has 0 aromatic heterocycles. The van der Waals surface area contributed by atoms with E-state index in [1.54, 1.807) is 0 Å². The number of hydrogen-bond acceptors (Lipinski definition) is 3. The number of primary amides is 1. The van der Waals surface area contributed by atoms with Crippen LogP contribution in [0.15, 0.2) is 0 Å². The van der Waals surface area contributed by atoms with Crippen LogP contribution in [0, 0.1) is 0 Å². The third-order valence-corrected chi connectivity index (χ3v) is 1.86. The van der Waals surface area contributed by atoms with E-state index in [4.69, 9.17) is 5.73 Å². The van der Waals surface area contributed by atoms with E-state index in [1.165, 1.54) is 18.0 Å². The van der Waals surface area contributed by atoms with Crippen molar-refractivity contribution in [3.05, 3.63) is 0 Å². The molecule has 5 heteroatoms. The van der Waals surface area contributed by atoms with Gasteiger partial charge in [0, 0.05) is 13.1 Å². The molecule has 0 saturated carbocycles. The molecule has 1 saturated heterocycles. The zero-order valence-electron chi connectivity index (χ0n) is 7.18. The van der Waals surface area contributed by atoms with Crippen molar-refractivity contribution in [2.24, 2.45) is 5.73 Å². The average Bonchev–Trinajstić information content (AvgIpc) is 2.15. The molecule has 70 valence electrons. The minimum atomic E-state index is -0.475. The number of nitrogens with one attached hydrogen (secondary N) is 2. The number of nitrogens with zero attached hydrogens (tertiary/aromatic N) is 1. The van der Waals surface area contributed by atoms with Gasteiger partial charge in [-0.2, -0.15) is 5.12 Å². The van der Waals surface area contributed by atoms with Crippen molar-refractivity contribution in [1.82, 2.24) is 16.0 Å². The third-order valence-electron chi connectivity index (χ3n) is 1.86. The zero-order chi connectivity index (χ0) is 8.81. The largest absolute Gasteiger partial charge is 0.349 e. The Morgan fingerprint density at radius 3 is 2.00 bits per heavy atom. The Balaban J connectivity index is 2.33. The van der Waals surface area contributed by atoms with Crippen LogP contribution in [-0.2, 0) is 0 Å². The molecular formula is C7H16N4O. The van der Waals surface area contributed by atoms with Crippen LogP contribution in [0.3, 0.4) is 0 Å². The van der Waals surface area contributed by atoms with E-state index < -0.39 is 6.03 Å². The fourth-order valence-corrected chi connectivity index (χ4v) is 1.20. The summed E-state index contributed by atoms with van der Waals surface area (Å²) in [4.78, 5) is 10.8. The van der Waals surface area contributed by atoms with Crippen molar-refractivity contribution in [2.75, 3.05) is 13.1 Å². The van der Waals surface area contributed by atoms with E-state index in [0.717, 1.165) is 25.9 Å². The van der Waals surface area contributed by atoms with Crippen LogP contribution in [0.4, 0.5) is 4.79 Å². The zero-order valence-corrected chi connectivity index (χ0v) is 7.18. The SMILES string of the molecule is NC(=O)N1NCCCCCCN1. The van der Waals surface area contributed by atoms with E-state index >= 15 is 0 Å². The smallest absolute Gasteiger partial charge is 0.344 e. The molecule has 12 heavy (non-hydrogen) atoms. The second-order valence-corrected chi connectivity index (χ2v) is 2.90. The Labute approximate surface area is 72.2 Å². The lowest BCUT2D eigenvalue weighted by Gasteiger charge is -2.20. The first kappa shape index (κ1) is 9.28. The van der Waals surface area contributed by atoms with Gasteiger partial charge in [-0.3, -0.25) is 0 Å². The first-order valence-corrected chi connectivity index (χ1v) is 4.37. The van der Waals surface area contributed by atoms with Crippen LogP contribution < -0.4 is 16.6 Å². The van der Waals surface area contributed by atoms with Crippen LogP contribution in [0.25, 0.3) is 0 Å². The molecule has 0 atom stereocenters. The van der Waals surface area contributed by atoms with Gasteiger partial charge in [0.25, 0.3) is 0 Å². The number of carbonyl (C=O) groups excluding carboxylic acids is 1. The average molecular weight is 172 g/mol. The summed E-state index contributed by atoms with van der Waals surface area (Å²) < 4.78 is 0. The van der Waals surface area contributed by atoms with Gasteiger partial charge in [-0.15, -0.1) is 0 Å². The highest BCUT2D eigenvalue weighted by Crippen LogP contribution is 1.99. The molecule has 0 aromatic rings. The second kappa shape index (κ2) is 4.95. The summed E-state index contributed by atoms with van der Waals surface area (Å²) in [6.45, 7) is 1.60. The lowest BCUT2D eigenvalue weighted by molar-refractivity contribution is 0.141. The van der Waals surface area contributed by atoms with E-state index in [0.29, 0.717) is 0 Å². The molecule has 1 fully saturated rings. The molecule has 0 unspecified atom stereocenters. The second-order valence-electron chi connectivity index (χ2n) is 2.90. The van der Waals surface area contributed by atoms with Gasteiger partial charge in [0.1, 0.15) is 0 Å². The number of urea groups is 1. The molecule has 1 aliphatic heterocycles. The Bertz CT molecular complexity index is 140. The minimum absolute atomic E-state index is 0.475. The van der Waals surface area contributed by atoms with E-state index in [-0.39, 0.29) is 0 Å². The van der Waals surface area contributed by atoms with Gasteiger partial charge >= 0.3 is 6.03 Å². The predicted molar refractivity (Wildman–Crippen MR) is 45.9 cm³/mol. The fourth-order valence-electron chi connectivity index (χ4n) is 1.20.